The first-order chi connectivity index (χ1) is 14.0. The Morgan fingerprint density at radius 3 is 2.52 bits per heavy atom. The Morgan fingerprint density at radius 1 is 1.10 bits per heavy atom. The first-order valence-electron chi connectivity index (χ1n) is 9.86. The highest BCUT2D eigenvalue weighted by Gasteiger charge is 2.15. The van der Waals surface area contributed by atoms with Gasteiger partial charge in [-0.2, -0.15) is 0 Å². The van der Waals surface area contributed by atoms with Gasteiger partial charge in [-0.1, -0.05) is 68.1 Å². The Morgan fingerprint density at radius 2 is 1.79 bits per heavy atom. The number of para-hydroxylation sites is 1. The van der Waals surface area contributed by atoms with Crippen molar-refractivity contribution in [1.29, 1.82) is 0 Å². The average molecular weight is 410 g/mol. The van der Waals surface area contributed by atoms with Crippen molar-refractivity contribution in [3.63, 3.8) is 0 Å². The molecule has 0 atom stereocenters. The molecular formula is C23H27N3O2S. The Bertz CT molecular complexity index is 1030. The van der Waals surface area contributed by atoms with Crippen molar-refractivity contribution in [1.82, 2.24) is 14.5 Å². The van der Waals surface area contributed by atoms with Crippen LogP contribution in [0.1, 0.15) is 25.8 Å². The number of nitrogens with zero attached hydrogens (tertiary/aromatic N) is 3. The van der Waals surface area contributed by atoms with Crippen molar-refractivity contribution >= 4 is 28.6 Å². The normalized spacial score (nSPS) is 11.2. The number of benzene rings is 2. The largest absolute Gasteiger partial charge is 0.341 e. The highest BCUT2D eigenvalue weighted by molar-refractivity contribution is 7.99. The smallest absolute Gasteiger partial charge is 0.262 e. The zero-order valence-corrected chi connectivity index (χ0v) is 18.0. The van der Waals surface area contributed by atoms with E-state index >= 15 is 0 Å². The van der Waals surface area contributed by atoms with Crippen molar-refractivity contribution in [3.05, 3.63) is 70.5 Å². The van der Waals surface area contributed by atoms with Gasteiger partial charge in [0.1, 0.15) is 0 Å². The average Bonchev–Trinajstić information content (AvgIpc) is 2.72. The molecule has 1 heterocycles. The van der Waals surface area contributed by atoms with Gasteiger partial charge in [-0.05, 0) is 30.0 Å². The van der Waals surface area contributed by atoms with Crippen molar-refractivity contribution in [2.24, 2.45) is 5.92 Å². The second-order valence-corrected chi connectivity index (χ2v) is 8.52. The van der Waals surface area contributed by atoms with Gasteiger partial charge in [-0.25, -0.2) is 4.98 Å². The molecule has 0 saturated carbocycles. The van der Waals surface area contributed by atoms with Crippen molar-refractivity contribution < 1.29 is 4.79 Å². The van der Waals surface area contributed by atoms with E-state index in [1.54, 1.807) is 16.5 Å². The number of hydrogen-bond acceptors (Lipinski definition) is 4. The molecule has 0 fully saturated rings. The third kappa shape index (κ3) is 5.48. The van der Waals surface area contributed by atoms with Gasteiger partial charge >= 0.3 is 0 Å². The fourth-order valence-corrected chi connectivity index (χ4v) is 3.99. The molecular weight excluding hydrogens is 382 g/mol. The summed E-state index contributed by atoms with van der Waals surface area (Å²) in [4.78, 5) is 32.0. The Hall–Kier alpha value is -2.60. The van der Waals surface area contributed by atoms with Gasteiger partial charge in [-0.15, -0.1) is 0 Å². The van der Waals surface area contributed by atoms with Crippen LogP contribution in [0.25, 0.3) is 10.9 Å². The lowest BCUT2D eigenvalue weighted by Gasteiger charge is -2.18. The molecule has 1 aromatic heterocycles. The molecule has 0 aliphatic carbocycles. The van der Waals surface area contributed by atoms with Crippen molar-refractivity contribution in [2.75, 3.05) is 12.8 Å². The third-order valence-corrected chi connectivity index (χ3v) is 5.73. The Balaban J connectivity index is 1.78. The van der Waals surface area contributed by atoms with E-state index in [1.165, 1.54) is 11.8 Å². The fourth-order valence-electron chi connectivity index (χ4n) is 3.02. The number of thioether (sulfide) groups is 1. The second-order valence-electron chi connectivity index (χ2n) is 7.57. The first-order valence-corrected chi connectivity index (χ1v) is 10.8. The van der Waals surface area contributed by atoms with Crippen LogP contribution in [-0.4, -0.2) is 33.2 Å². The molecule has 0 aliphatic rings. The van der Waals surface area contributed by atoms with E-state index in [4.69, 9.17) is 0 Å². The molecule has 0 N–H and O–H groups in total. The minimum Gasteiger partial charge on any atom is -0.341 e. The van der Waals surface area contributed by atoms with Crippen molar-refractivity contribution in [2.45, 2.75) is 38.5 Å². The highest BCUT2D eigenvalue weighted by Crippen LogP contribution is 2.19. The van der Waals surface area contributed by atoms with Crippen molar-refractivity contribution in [3.8, 4) is 0 Å². The summed E-state index contributed by atoms with van der Waals surface area (Å²) in [7, 11) is 1.80. The summed E-state index contributed by atoms with van der Waals surface area (Å²) < 4.78 is 1.72. The van der Waals surface area contributed by atoms with E-state index in [9.17, 15) is 9.59 Å². The standard InChI is InChI=1S/C23H27N3O2S/c1-17(2)13-14-26-22(28)19-11-7-8-12-20(19)24-23(26)29-16-21(27)25(3)15-18-9-5-4-6-10-18/h4-12,17H,13-16H2,1-3H3. The minimum absolute atomic E-state index is 0.0108. The van der Waals surface area contributed by atoms with Crippen LogP contribution in [0.4, 0.5) is 0 Å². The molecule has 29 heavy (non-hydrogen) atoms. The molecule has 0 saturated heterocycles. The van der Waals surface area contributed by atoms with Gasteiger partial charge in [0, 0.05) is 20.1 Å². The summed E-state index contributed by atoms with van der Waals surface area (Å²) in [5, 5.41) is 1.23. The summed E-state index contributed by atoms with van der Waals surface area (Å²) in [6, 6.07) is 17.3. The van der Waals surface area contributed by atoms with Gasteiger partial charge < -0.3 is 4.90 Å². The second kappa shape index (κ2) is 9.74. The predicted molar refractivity (Wildman–Crippen MR) is 119 cm³/mol. The lowest BCUT2D eigenvalue weighted by atomic mass is 10.1. The predicted octanol–water partition coefficient (Wildman–Crippen LogP) is 4.19. The fraction of sp³-hybridized carbons (Fsp3) is 0.348. The zero-order chi connectivity index (χ0) is 20.8. The third-order valence-electron chi connectivity index (χ3n) is 4.77. The molecule has 0 spiro atoms. The molecule has 0 unspecified atom stereocenters. The SMILES string of the molecule is CC(C)CCn1c(SCC(=O)N(C)Cc2ccccc2)nc2ccccc2c1=O. The maximum atomic E-state index is 13.0. The quantitative estimate of drug-likeness (QED) is 0.413. The summed E-state index contributed by atoms with van der Waals surface area (Å²) in [6.45, 7) is 5.43. The van der Waals surface area contributed by atoms with Gasteiger partial charge in [0.25, 0.3) is 5.56 Å². The van der Waals surface area contributed by atoms with Crippen LogP contribution in [0, 0.1) is 5.92 Å². The molecule has 0 aliphatic heterocycles. The molecule has 152 valence electrons. The number of amides is 1. The van der Waals surface area contributed by atoms with E-state index < -0.39 is 0 Å². The Kier molecular flexibility index (Phi) is 7.09. The molecule has 0 radical (unpaired) electrons. The van der Waals surface area contributed by atoms with Gasteiger partial charge in [0.2, 0.25) is 5.91 Å². The van der Waals surface area contributed by atoms with E-state index in [0.29, 0.717) is 35.1 Å². The van der Waals surface area contributed by atoms with Crippen LogP contribution >= 0.6 is 11.8 Å². The number of fused-ring (bicyclic) bond motifs is 1. The van der Waals surface area contributed by atoms with Gasteiger partial charge in [-0.3, -0.25) is 14.2 Å². The summed E-state index contributed by atoms with van der Waals surface area (Å²) in [6.07, 6.45) is 0.884. The van der Waals surface area contributed by atoms with E-state index in [1.807, 2.05) is 54.6 Å². The van der Waals surface area contributed by atoms with Crippen LogP contribution in [0.5, 0.6) is 0 Å². The Labute approximate surface area is 175 Å². The van der Waals surface area contributed by atoms with Crippen LogP contribution in [0.2, 0.25) is 0 Å². The molecule has 6 heteroatoms. The molecule has 2 aromatic carbocycles. The van der Waals surface area contributed by atoms with Crippen LogP contribution < -0.4 is 5.56 Å². The van der Waals surface area contributed by atoms with Crippen LogP contribution in [0.15, 0.2) is 64.5 Å². The molecule has 0 bridgehead atoms. The highest BCUT2D eigenvalue weighted by atomic mass is 32.2. The summed E-state index contributed by atoms with van der Waals surface area (Å²) >= 11 is 1.34. The van der Waals surface area contributed by atoms with Gasteiger partial charge in [0.15, 0.2) is 5.16 Å². The maximum Gasteiger partial charge on any atom is 0.262 e. The molecule has 5 nitrogen and oxygen atoms in total. The topological polar surface area (TPSA) is 55.2 Å². The lowest BCUT2D eigenvalue weighted by Crippen LogP contribution is -2.29. The molecule has 1 amide bonds. The molecule has 3 rings (SSSR count). The molecule has 3 aromatic rings. The van der Waals surface area contributed by atoms with Gasteiger partial charge in [0.05, 0.1) is 16.7 Å². The summed E-state index contributed by atoms with van der Waals surface area (Å²) in [5.74, 6) is 0.733. The number of carbonyl (C=O) groups excluding carboxylic acids is 1. The number of rotatable bonds is 8. The zero-order valence-electron chi connectivity index (χ0n) is 17.2. The summed E-state index contributed by atoms with van der Waals surface area (Å²) in [5.41, 5.74) is 1.72. The number of carbonyl (C=O) groups is 1. The lowest BCUT2D eigenvalue weighted by molar-refractivity contribution is -0.127. The minimum atomic E-state index is -0.0381. The van der Waals surface area contributed by atoms with E-state index in [-0.39, 0.29) is 17.2 Å². The number of hydrogen-bond donors (Lipinski definition) is 0. The first kappa shape index (κ1) is 21.1. The van der Waals surface area contributed by atoms with Crippen LogP contribution in [-0.2, 0) is 17.9 Å². The monoisotopic (exact) mass is 409 g/mol. The van der Waals surface area contributed by atoms with Crippen LogP contribution in [0.3, 0.4) is 0 Å². The van der Waals surface area contributed by atoms with E-state index in [0.717, 1.165) is 12.0 Å². The van der Waals surface area contributed by atoms with E-state index in [2.05, 4.69) is 18.8 Å². The number of aromatic nitrogens is 2. The maximum absolute atomic E-state index is 13.0.